The van der Waals surface area contributed by atoms with Crippen molar-refractivity contribution in [3.63, 3.8) is 0 Å². The van der Waals surface area contributed by atoms with Crippen molar-refractivity contribution < 1.29 is 9.59 Å². The van der Waals surface area contributed by atoms with Gasteiger partial charge in [-0.15, -0.1) is 0 Å². The molecule has 0 aliphatic heterocycles. The molecule has 2 bridgehead atoms. The van der Waals surface area contributed by atoms with Crippen LogP contribution in [0, 0.1) is 11.8 Å². The maximum absolute atomic E-state index is 12.1. The third-order valence-corrected chi connectivity index (χ3v) is 4.57. The Morgan fingerprint density at radius 3 is 2.44 bits per heavy atom. The van der Waals surface area contributed by atoms with E-state index in [1.165, 1.54) is 0 Å². The monoisotopic (exact) mass is 240 g/mol. The molecule has 92 valence electrons. The van der Waals surface area contributed by atoms with E-state index in [2.05, 4.69) is 19.1 Å². The van der Waals surface area contributed by atoms with E-state index < -0.39 is 0 Å². The van der Waals surface area contributed by atoms with E-state index in [1.807, 2.05) is 31.2 Å². The molecule has 1 saturated carbocycles. The van der Waals surface area contributed by atoms with Gasteiger partial charge >= 0.3 is 0 Å². The first-order valence-electron chi connectivity index (χ1n) is 6.36. The number of hydrogen-bond donors (Lipinski definition) is 0. The van der Waals surface area contributed by atoms with Crippen LogP contribution >= 0.6 is 0 Å². The number of benzene rings is 1. The first-order valence-corrected chi connectivity index (χ1v) is 6.36. The van der Waals surface area contributed by atoms with Gasteiger partial charge in [0.05, 0.1) is 5.92 Å². The lowest BCUT2D eigenvalue weighted by Gasteiger charge is -2.46. The standard InChI is InChI=1S/C16H16O2/c1-10-8-13-15(18)14(17)12(10)9-16(13,2)11-6-4-3-5-7-11/h3-8,12-13H,9H2,1-2H3/t12-,13+,16+/m1/s1. The molecule has 0 heterocycles. The molecule has 3 aliphatic carbocycles. The molecule has 1 aromatic carbocycles. The fourth-order valence-electron chi connectivity index (χ4n) is 3.38. The smallest absolute Gasteiger partial charge is 0.206 e. The average Bonchev–Trinajstić information content (AvgIpc) is 2.39. The molecule has 0 N–H and O–H groups in total. The van der Waals surface area contributed by atoms with Crippen molar-refractivity contribution in [1.82, 2.24) is 0 Å². The molecule has 3 aliphatic rings. The number of carbonyl (C=O) groups excluding carboxylic acids is 2. The highest BCUT2D eigenvalue weighted by Crippen LogP contribution is 2.49. The number of hydrogen-bond acceptors (Lipinski definition) is 2. The van der Waals surface area contributed by atoms with Gasteiger partial charge in [-0.1, -0.05) is 48.9 Å². The number of fused-ring (bicyclic) bond motifs is 2. The summed E-state index contributed by atoms with van der Waals surface area (Å²) in [7, 11) is 0. The predicted molar refractivity (Wildman–Crippen MR) is 69.2 cm³/mol. The minimum absolute atomic E-state index is 0.187. The van der Waals surface area contributed by atoms with Gasteiger partial charge < -0.3 is 0 Å². The molecule has 0 amide bonds. The molecule has 2 nitrogen and oxygen atoms in total. The van der Waals surface area contributed by atoms with Crippen LogP contribution in [0.25, 0.3) is 0 Å². The second kappa shape index (κ2) is 3.64. The van der Waals surface area contributed by atoms with Crippen LogP contribution in [0.3, 0.4) is 0 Å². The lowest BCUT2D eigenvalue weighted by atomic mass is 9.54. The summed E-state index contributed by atoms with van der Waals surface area (Å²) in [5, 5.41) is 0. The van der Waals surface area contributed by atoms with E-state index in [4.69, 9.17) is 0 Å². The minimum Gasteiger partial charge on any atom is -0.290 e. The number of rotatable bonds is 1. The van der Waals surface area contributed by atoms with E-state index >= 15 is 0 Å². The van der Waals surface area contributed by atoms with E-state index in [1.54, 1.807) is 0 Å². The van der Waals surface area contributed by atoms with Gasteiger partial charge in [0.15, 0.2) is 0 Å². The van der Waals surface area contributed by atoms with Gasteiger partial charge in [-0.2, -0.15) is 0 Å². The van der Waals surface area contributed by atoms with Gasteiger partial charge in [-0.05, 0) is 18.9 Å². The summed E-state index contributed by atoms with van der Waals surface area (Å²) < 4.78 is 0. The van der Waals surface area contributed by atoms with E-state index in [9.17, 15) is 9.59 Å². The van der Waals surface area contributed by atoms with Crippen LogP contribution in [0.15, 0.2) is 42.0 Å². The molecule has 4 rings (SSSR count). The largest absolute Gasteiger partial charge is 0.290 e. The second-order valence-electron chi connectivity index (χ2n) is 5.66. The van der Waals surface area contributed by atoms with E-state index in [-0.39, 0.29) is 28.8 Å². The van der Waals surface area contributed by atoms with Gasteiger partial charge in [-0.25, -0.2) is 0 Å². The first kappa shape index (κ1) is 11.4. The molecule has 2 heteroatoms. The van der Waals surface area contributed by atoms with Crippen LogP contribution < -0.4 is 0 Å². The molecule has 1 aromatic rings. The van der Waals surface area contributed by atoms with Gasteiger partial charge in [0.2, 0.25) is 11.6 Å². The minimum atomic E-state index is -0.280. The highest BCUT2D eigenvalue weighted by atomic mass is 16.2. The fourth-order valence-corrected chi connectivity index (χ4v) is 3.38. The molecule has 0 aromatic heterocycles. The van der Waals surface area contributed by atoms with Crippen molar-refractivity contribution in [2.45, 2.75) is 25.7 Å². The lowest BCUT2D eigenvalue weighted by Crippen LogP contribution is -2.52. The van der Waals surface area contributed by atoms with Crippen LogP contribution in [0.4, 0.5) is 0 Å². The maximum Gasteiger partial charge on any atom is 0.206 e. The molecular weight excluding hydrogens is 224 g/mol. The molecular formula is C16H16O2. The van der Waals surface area contributed by atoms with Crippen molar-refractivity contribution in [1.29, 1.82) is 0 Å². The number of allylic oxidation sites excluding steroid dienone is 2. The number of Topliss-reactive ketones (excluding diaryl/α,β-unsaturated/α-hetero) is 2. The van der Waals surface area contributed by atoms with Crippen LogP contribution in [-0.4, -0.2) is 11.6 Å². The summed E-state index contributed by atoms with van der Waals surface area (Å²) >= 11 is 0. The summed E-state index contributed by atoms with van der Waals surface area (Å²) in [6, 6.07) is 10.1. The second-order valence-corrected chi connectivity index (χ2v) is 5.66. The molecule has 0 saturated heterocycles. The van der Waals surface area contributed by atoms with Crippen molar-refractivity contribution in [3.05, 3.63) is 47.5 Å². The fraction of sp³-hybridized carbons (Fsp3) is 0.375. The Hall–Kier alpha value is -1.70. The van der Waals surface area contributed by atoms with Gasteiger partial charge in [-0.3, -0.25) is 9.59 Å². The Kier molecular flexibility index (Phi) is 2.31. The Balaban J connectivity index is 2.13. The predicted octanol–water partition coefficient (Wildman–Crippen LogP) is 2.68. The summed E-state index contributed by atoms with van der Waals surface area (Å²) in [5.41, 5.74) is 2.00. The molecule has 3 atom stereocenters. The maximum atomic E-state index is 12.1. The summed E-state index contributed by atoms with van der Waals surface area (Å²) in [5.74, 6) is -0.873. The van der Waals surface area contributed by atoms with E-state index in [0.29, 0.717) is 0 Å². The first-order chi connectivity index (χ1) is 8.54. The zero-order valence-electron chi connectivity index (χ0n) is 10.6. The quantitative estimate of drug-likeness (QED) is 0.558. The average molecular weight is 240 g/mol. The van der Waals surface area contributed by atoms with Crippen molar-refractivity contribution in [2.75, 3.05) is 0 Å². The lowest BCUT2D eigenvalue weighted by molar-refractivity contribution is -0.145. The zero-order chi connectivity index (χ0) is 12.9. The van der Waals surface area contributed by atoms with Gasteiger partial charge in [0.1, 0.15) is 0 Å². The molecule has 1 fully saturated rings. The highest BCUT2D eigenvalue weighted by molar-refractivity contribution is 6.41. The Bertz CT molecular complexity index is 556. The Labute approximate surface area is 107 Å². The van der Waals surface area contributed by atoms with Crippen LogP contribution in [-0.2, 0) is 15.0 Å². The third-order valence-electron chi connectivity index (χ3n) is 4.57. The zero-order valence-corrected chi connectivity index (χ0v) is 10.6. The van der Waals surface area contributed by atoms with Gasteiger partial charge in [0.25, 0.3) is 0 Å². The van der Waals surface area contributed by atoms with E-state index in [0.717, 1.165) is 17.6 Å². The Morgan fingerprint density at radius 1 is 1.11 bits per heavy atom. The van der Waals surface area contributed by atoms with Crippen LogP contribution in [0.2, 0.25) is 0 Å². The molecule has 0 spiro atoms. The van der Waals surface area contributed by atoms with Crippen molar-refractivity contribution in [2.24, 2.45) is 11.8 Å². The highest BCUT2D eigenvalue weighted by Gasteiger charge is 2.53. The topological polar surface area (TPSA) is 34.1 Å². The summed E-state index contributed by atoms with van der Waals surface area (Å²) in [4.78, 5) is 24.1. The summed E-state index contributed by atoms with van der Waals surface area (Å²) in [6.45, 7) is 4.07. The summed E-state index contributed by atoms with van der Waals surface area (Å²) in [6.07, 6.45) is 2.76. The normalized spacial score (nSPS) is 34.7. The SMILES string of the molecule is CC1=C[C@H]2C(=O)C(=O)[C@@H]1C[C@@]2(C)c1ccccc1. The van der Waals surface area contributed by atoms with Gasteiger partial charge in [0, 0.05) is 11.3 Å². The van der Waals surface area contributed by atoms with Crippen molar-refractivity contribution >= 4 is 11.6 Å². The number of ketones is 2. The van der Waals surface area contributed by atoms with Crippen molar-refractivity contribution in [3.8, 4) is 0 Å². The van der Waals surface area contributed by atoms with Crippen LogP contribution in [0.1, 0.15) is 25.8 Å². The third kappa shape index (κ3) is 1.35. The van der Waals surface area contributed by atoms with Crippen LogP contribution in [0.5, 0.6) is 0 Å². The molecule has 0 radical (unpaired) electrons. The number of carbonyl (C=O) groups is 2. The Morgan fingerprint density at radius 2 is 1.78 bits per heavy atom. The molecule has 18 heavy (non-hydrogen) atoms. The molecule has 0 unspecified atom stereocenters.